The summed E-state index contributed by atoms with van der Waals surface area (Å²) in [5, 5.41) is 10.5. The van der Waals surface area contributed by atoms with Gasteiger partial charge in [0.1, 0.15) is 18.3 Å². The first-order valence-corrected chi connectivity index (χ1v) is 10.6. The lowest BCUT2D eigenvalue weighted by Crippen LogP contribution is -2.56. The predicted molar refractivity (Wildman–Crippen MR) is 117 cm³/mol. The monoisotopic (exact) mass is 420 g/mol. The lowest BCUT2D eigenvalue weighted by molar-refractivity contribution is -0.286. The van der Waals surface area contributed by atoms with Crippen molar-refractivity contribution in [3.8, 4) is 0 Å². The Morgan fingerprint density at radius 3 is 1.52 bits per heavy atom. The van der Waals surface area contributed by atoms with Gasteiger partial charge in [-0.15, -0.1) is 0 Å². The van der Waals surface area contributed by atoms with Crippen LogP contribution in [0.15, 0.2) is 91.0 Å². The van der Waals surface area contributed by atoms with E-state index < -0.39 is 18.5 Å². The van der Waals surface area contributed by atoms with Gasteiger partial charge in [-0.05, 0) is 16.7 Å². The molecule has 5 nitrogen and oxygen atoms in total. The van der Waals surface area contributed by atoms with Crippen molar-refractivity contribution in [2.75, 3.05) is 6.61 Å². The molecule has 0 unspecified atom stereocenters. The number of rotatable bonds is 9. The summed E-state index contributed by atoms with van der Waals surface area (Å²) in [6.07, 6.45) is -2.59. The maximum atomic E-state index is 10.5. The summed E-state index contributed by atoms with van der Waals surface area (Å²) < 4.78 is 24.1. The van der Waals surface area contributed by atoms with Crippen molar-refractivity contribution < 1.29 is 24.1 Å². The molecule has 0 aliphatic carbocycles. The lowest BCUT2D eigenvalue weighted by Gasteiger charge is -2.40. The molecule has 5 heteroatoms. The van der Waals surface area contributed by atoms with E-state index in [1.165, 1.54) is 0 Å². The molecule has 0 spiro atoms. The van der Waals surface area contributed by atoms with E-state index in [0.717, 1.165) is 16.7 Å². The topological polar surface area (TPSA) is 57.2 Å². The van der Waals surface area contributed by atoms with Crippen molar-refractivity contribution in [2.24, 2.45) is 0 Å². The Morgan fingerprint density at radius 2 is 1.03 bits per heavy atom. The van der Waals surface area contributed by atoms with Crippen LogP contribution in [0.1, 0.15) is 16.7 Å². The van der Waals surface area contributed by atoms with Crippen molar-refractivity contribution in [1.29, 1.82) is 0 Å². The second kappa shape index (κ2) is 11.2. The minimum absolute atomic E-state index is 0.235. The summed E-state index contributed by atoms with van der Waals surface area (Å²) in [5.41, 5.74) is 3.13. The molecule has 1 N–H and O–H groups in total. The molecular weight excluding hydrogens is 392 g/mol. The first kappa shape index (κ1) is 21.7. The highest BCUT2D eigenvalue weighted by atomic mass is 16.7. The smallest absolute Gasteiger partial charge is 0.183 e. The van der Waals surface area contributed by atoms with E-state index in [1.54, 1.807) is 0 Å². The zero-order valence-corrected chi connectivity index (χ0v) is 17.4. The molecule has 0 amide bonds. The van der Waals surface area contributed by atoms with E-state index >= 15 is 0 Å². The normalized spacial score (nSPS) is 23.5. The second-order valence-corrected chi connectivity index (χ2v) is 7.58. The molecule has 4 atom stereocenters. The fourth-order valence-electron chi connectivity index (χ4n) is 3.59. The Bertz CT molecular complexity index is 887. The maximum absolute atomic E-state index is 10.5. The van der Waals surface area contributed by atoms with Crippen molar-refractivity contribution in [2.45, 2.75) is 44.4 Å². The van der Waals surface area contributed by atoms with Crippen LogP contribution in [0.2, 0.25) is 0 Å². The van der Waals surface area contributed by atoms with Crippen LogP contribution >= 0.6 is 0 Å². The molecule has 4 rings (SSSR count). The average molecular weight is 421 g/mol. The standard InChI is InChI=1S/C26H28O5/c27-26-25(30-18-22-14-8-3-9-15-22)24(29-17-21-12-6-2-7-13-21)23(19-31-26)28-16-20-10-4-1-5-11-20/h1-15,23-27H,16-19H2/t23-,24-,25+,26-/m0/s1. The number of aliphatic hydroxyl groups is 1. The number of hydrogen-bond acceptors (Lipinski definition) is 5. The van der Waals surface area contributed by atoms with Crippen LogP contribution < -0.4 is 0 Å². The van der Waals surface area contributed by atoms with Gasteiger partial charge in [0.05, 0.1) is 26.4 Å². The lowest BCUT2D eigenvalue weighted by atomic mass is 10.0. The summed E-state index contributed by atoms with van der Waals surface area (Å²) >= 11 is 0. The molecule has 162 valence electrons. The van der Waals surface area contributed by atoms with Gasteiger partial charge in [-0.1, -0.05) is 91.0 Å². The van der Waals surface area contributed by atoms with E-state index in [9.17, 15) is 5.11 Å². The Labute approximate surface area is 183 Å². The van der Waals surface area contributed by atoms with Gasteiger partial charge in [0, 0.05) is 0 Å². The van der Waals surface area contributed by atoms with Gasteiger partial charge in [0.15, 0.2) is 6.29 Å². The summed E-state index contributed by atoms with van der Waals surface area (Å²) in [4.78, 5) is 0. The van der Waals surface area contributed by atoms with Crippen LogP contribution in [-0.2, 0) is 38.8 Å². The highest BCUT2D eigenvalue weighted by molar-refractivity contribution is 5.15. The molecule has 3 aromatic carbocycles. The van der Waals surface area contributed by atoms with E-state index in [2.05, 4.69) is 0 Å². The van der Waals surface area contributed by atoms with Crippen LogP contribution in [-0.4, -0.2) is 36.3 Å². The van der Waals surface area contributed by atoms with Crippen molar-refractivity contribution in [3.63, 3.8) is 0 Å². The Hall–Kier alpha value is -2.54. The maximum Gasteiger partial charge on any atom is 0.183 e. The Balaban J connectivity index is 1.46. The summed E-state index contributed by atoms with van der Waals surface area (Å²) in [5.74, 6) is 0. The quantitative estimate of drug-likeness (QED) is 0.565. The second-order valence-electron chi connectivity index (χ2n) is 7.58. The SMILES string of the molecule is O[C@H]1OC[C@H](OCc2ccccc2)[C@H](OCc2ccccc2)[C@H]1OCc1ccccc1. The first-order valence-electron chi connectivity index (χ1n) is 10.6. The molecule has 0 saturated carbocycles. The van der Waals surface area contributed by atoms with Gasteiger partial charge >= 0.3 is 0 Å². The van der Waals surface area contributed by atoms with Crippen molar-refractivity contribution in [1.82, 2.24) is 0 Å². The fourth-order valence-corrected chi connectivity index (χ4v) is 3.59. The number of ether oxygens (including phenoxy) is 4. The molecule has 0 bridgehead atoms. The van der Waals surface area contributed by atoms with E-state index in [4.69, 9.17) is 18.9 Å². The van der Waals surface area contributed by atoms with Crippen LogP contribution in [0.5, 0.6) is 0 Å². The molecule has 1 saturated heterocycles. The van der Waals surface area contributed by atoms with Crippen molar-refractivity contribution >= 4 is 0 Å². The summed E-state index contributed by atoms with van der Waals surface area (Å²) in [6.45, 7) is 1.41. The van der Waals surface area contributed by atoms with Gasteiger partial charge in [-0.3, -0.25) is 0 Å². The first-order chi connectivity index (χ1) is 15.3. The van der Waals surface area contributed by atoms with Gasteiger partial charge in [-0.25, -0.2) is 0 Å². The van der Waals surface area contributed by atoms with E-state index in [1.807, 2.05) is 91.0 Å². The molecular formula is C26H28O5. The minimum Gasteiger partial charge on any atom is -0.368 e. The zero-order chi connectivity index (χ0) is 21.3. The highest BCUT2D eigenvalue weighted by Crippen LogP contribution is 2.25. The van der Waals surface area contributed by atoms with E-state index in [0.29, 0.717) is 19.8 Å². The van der Waals surface area contributed by atoms with Crippen LogP contribution in [0, 0.1) is 0 Å². The third kappa shape index (κ3) is 6.23. The molecule has 0 aromatic heterocycles. The molecule has 0 radical (unpaired) electrons. The molecule has 1 fully saturated rings. The van der Waals surface area contributed by atoms with Gasteiger partial charge < -0.3 is 24.1 Å². The predicted octanol–water partition coefficient (Wildman–Crippen LogP) is 4.09. The molecule has 1 aliphatic rings. The third-order valence-corrected chi connectivity index (χ3v) is 5.28. The Kier molecular flexibility index (Phi) is 7.82. The number of benzene rings is 3. The van der Waals surface area contributed by atoms with Gasteiger partial charge in [0.2, 0.25) is 0 Å². The fraction of sp³-hybridized carbons (Fsp3) is 0.308. The minimum atomic E-state index is -1.08. The van der Waals surface area contributed by atoms with E-state index in [-0.39, 0.29) is 12.7 Å². The summed E-state index contributed by atoms with van der Waals surface area (Å²) in [6, 6.07) is 29.8. The Morgan fingerprint density at radius 1 is 0.613 bits per heavy atom. The van der Waals surface area contributed by atoms with Crippen LogP contribution in [0.25, 0.3) is 0 Å². The van der Waals surface area contributed by atoms with Crippen LogP contribution in [0.4, 0.5) is 0 Å². The number of aliphatic hydroxyl groups excluding tert-OH is 1. The summed E-state index contributed by atoms with van der Waals surface area (Å²) in [7, 11) is 0. The molecule has 1 heterocycles. The van der Waals surface area contributed by atoms with Gasteiger partial charge in [0.25, 0.3) is 0 Å². The molecule has 3 aromatic rings. The van der Waals surface area contributed by atoms with Crippen molar-refractivity contribution in [3.05, 3.63) is 108 Å². The molecule has 1 aliphatic heterocycles. The largest absolute Gasteiger partial charge is 0.368 e. The molecule has 31 heavy (non-hydrogen) atoms. The zero-order valence-electron chi connectivity index (χ0n) is 17.4. The number of hydrogen-bond donors (Lipinski definition) is 1. The highest BCUT2D eigenvalue weighted by Gasteiger charge is 2.42. The van der Waals surface area contributed by atoms with Crippen LogP contribution in [0.3, 0.4) is 0 Å². The third-order valence-electron chi connectivity index (χ3n) is 5.28. The average Bonchev–Trinajstić information content (AvgIpc) is 2.83. The van der Waals surface area contributed by atoms with Gasteiger partial charge in [-0.2, -0.15) is 0 Å².